The quantitative estimate of drug-likeness (QED) is 0.464. The lowest BCUT2D eigenvalue weighted by Gasteiger charge is -2.30. The fourth-order valence-corrected chi connectivity index (χ4v) is 2.76. The van der Waals surface area contributed by atoms with E-state index < -0.39 is 0 Å². The van der Waals surface area contributed by atoms with Crippen LogP contribution in [0.1, 0.15) is 56.9 Å². The highest BCUT2D eigenvalue weighted by Gasteiger charge is 2.22. The zero-order valence-corrected chi connectivity index (χ0v) is 12.8. The first-order chi connectivity index (χ1) is 10.3. The number of nitrogens with zero attached hydrogens (tertiary/aromatic N) is 1. The second kappa shape index (κ2) is 8.81. The van der Waals surface area contributed by atoms with Crippen LogP contribution in [0.2, 0.25) is 0 Å². The van der Waals surface area contributed by atoms with Crippen molar-refractivity contribution >= 4 is 5.91 Å². The lowest BCUT2D eigenvalue weighted by atomic mass is 10.0. The molecule has 0 radical (unpaired) electrons. The maximum Gasteiger partial charge on any atom is 0.224 e. The number of carbonyl (C=O) groups excluding carboxylic acids is 1. The number of aryl methyl sites for hydroxylation is 1. The van der Waals surface area contributed by atoms with Crippen molar-refractivity contribution in [2.75, 3.05) is 13.1 Å². The smallest absolute Gasteiger partial charge is 0.224 e. The zero-order valence-electron chi connectivity index (χ0n) is 12.8. The van der Waals surface area contributed by atoms with Gasteiger partial charge >= 0.3 is 0 Å². The van der Waals surface area contributed by atoms with Gasteiger partial charge < -0.3 is 4.90 Å². The summed E-state index contributed by atoms with van der Waals surface area (Å²) in [6.07, 6.45) is 10.5. The Kier molecular flexibility index (Phi) is 6.71. The molecule has 1 heterocycles. The molecule has 2 rings (SSSR count). The van der Waals surface area contributed by atoms with E-state index in [1.807, 2.05) is 17.0 Å². The van der Waals surface area contributed by atoms with Crippen LogP contribution in [0.15, 0.2) is 24.3 Å². The van der Waals surface area contributed by atoms with E-state index in [1.54, 1.807) is 0 Å². The lowest BCUT2D eigenvalue weighted by molar-refractivity contribution is -0.139. The predicted octanol–water partition coefficient (Wildman–Crippen LogP) is 4.33. The summed E-state index contributed by atoms with van der Waals surface area (Å²) >= 11 is 0. The van der Waals surface area contributed by atoms with Gasteiger partial charge in [-0.15, -0.1) is 0 Å². The van der Waals surface area contributed by atoms with Crippen molar-refractivity contribution in [3.8, 4) is 0 Å². The van der Waals surface area contributed by atoms with Crippen molar-refractivity contribution in [3.63, 3.8) is 0 Å². The number of unbranched alkanes of at least 4 members (excludes halogenated alkanes) is 6. The Morgan fingerprint density at radius 3 is 2.10 bits per heavy atom. The highest BCUT2D eigenvalue weighted by Crippen LogP contribution is 2.13. The number of halogens is 1. The Hall–Kier alpha value is -1.38. The molecule has 3 heteroatoms. The Morgan fingerprint density at radius 2 is 1.52 bits per heavy atom. The molecule has 0 atom stereocenters. The van der Waals surface area contributed by atoms with Gasteiger partial charge in [0.15, 0.2) is 0 Å². The molecule has 0 saturated carbocycles. The minimum absolute atomic E-state index is 0.154. The first kappa shape index (κ1) is 16.0. The standard InChI is InChI=1S/C18H26FNO/c19-17-11-9-16(10-12-17)8-6-4-2-1-3-5-7-14-20-15-13-18(20)21/h9-12H,1-8,13-15H2. The largest absolute Gasteiger partial charge is 0.342 e. The molecule has 0 unspecified atom stereocenters. The summed E-state index contributed by atoms with van der Waals surface area (Å²) in [4.78, 5) is 13.1. The SMILES string of the molecule is O=C1CCN1CCCCCCCCCc1ccc(F)cc1. The molecule has 1 fully saturated rings. The molecular formula is C18H26FNO. The average Bonchev–Trinajstić information content (AvgIpc) is 2.49. The number of likely N-dealkylation sites (tertiary alicyclic amines) is 1. The normalized spacial score (nSPS) is 14.3. The van der Waals surface area contributed by atoms with Crippen LogP contribution in [0, 0.1) is 5.82 Å². The van der Waals surface area contributed by atoms with E-state index in [-0.39, 0.29) is 5.82 Å². The van der Waals surface area contributed by atoms with Crippen LogP contribution in [0.5, 0.6) is 0 Å². The van der Waals surface area contributed by atoms with E-state index in [1.165, 1.54) is 56.2 Å². The molecule has 0 aliphatic carbocycles. The average molecular weight is 291 g/mol. The Balaban J connectivity index is 1.38. The van der Waals surface area contributed by atoms with Gasteiger partial charge in [-0.3, -0.25) is 4.79 Å². The fourth-order valence-electron chi connectivity index (χ4n) is 2.76. The van der Waals surface area contributed by atoms with Crippen molar-refractivity contribution in [3.05, 3.63) is 35.6 Å². The van der Waals surface area contributed by atoms with Crippen molar-refractivity contribution in [2.45, 2.75) is 57.8 Å². The molecule has 0 bridgehead atoms. The number of hydrogen-bond acceptors (Lipinski definition) is 1. The van der Waals surface area contributed by atoms with E-state index in [4.69, 9.17) is 0 Å². The number of carbonyl (C=O) groups is 1. The van der Waals surface area contributed by atoms with Gasteiger partial charge in [0, 0.05) is 19.5 Å². The van der Waals surface area contributed by atoms with Crippen LogP contribution in [-0.2, 0) is 11.2 Å². The van der Waals surface area contributed by atoms with Gasteiger partial charge in [-0.2, -0.15) is 0 Å². The third-order valence-electron chi connectivity index (χ3n) is 4.26. The van der Waals surface area contributed by atoms with Crippen molar-refractivity contribution < 1.29 is 9.18 Å². The van der Waals surface area contributed by atoms with Crippen LogP contribution in [0.25, 0.3) is 0 Å². The number of benzene rings is 1. The summed E-state index contributed by atoms with van der Waals surface area (Å²) in [6.45, 7) is 1.94. The predicted molar refractivity (Wildman–Crippen MR) is 83.6 cm³/mol. The third kappa shape index (κ3) is 5.86. The molecule has 2 nitrogen and oxygen atoms in total. The maximum atomic E-state index is 12.8. The van der Waals surface area contributed by atoms with Gasteiger partial charge in [0.25, 0.3) is 0 Å². The van der Waals surface area contributed by atoms with E-state index >= 15 is 0 Å². The summed E-state index contributed by atoms with van der Waals surface area (Å²) in [7, 11) is 0. The number of amides is 1. The summed E-state index contributed by atoms with van der Waals surface area (Å²) < 4.78 is 12.8. The molecule has 1 aliphatic rings. The van der Waals surface area contributed by atoms with Crippen molar-refractivity contribution in [1.29, 1.82) is 0 Å². The second-order valence-corrected chi connectivity index (χ2v) is 5.98. The van der Waals surface area contributed by atoms with E-state index in [0.29, 0.717) is 5.91 Å². The highest BCUT2D eigenvalue weighted by molar-refractivity contribution is 5.81. The third-order valence-corrected chi connectivity index (χ3v) is 4.26. The van der Waals surface area contributed by atoms with Crippen LogP contribution >= 0.6 is 0 Å². The van der Waals surface area contributed by atoms with Crippen molar-refractivity contribution in [2.24, 2.45) is 0 Å². The molecular weight excluding hydrogens is 265 g/mol. The van der Waals surface area contributed by atoms with Gasteiger partial charge in [0.2, 0.25) is 5.91 Å². The molecule has 21 heavy (non-hydrogen) atoms. The lowest BCUT2D eigenvalue weighted by Crippen LogP contribution is -2.43. The van der Waals surface area contributed by atoms with Crippen LogP contribution < -0.4 is 0 Å². The van der Waals surface area contributed by atoms with Crippen molar-refractivity contribution in [1.82, 2.24) is 4.90 Å². The Bertz CT molecular complexity index is 429. The summed E-state index contributed by atoms with van der Waals surface area (Å²) in [6, 6.07) is 6.84. The maximum absolute atomic E-state index is 12.8. The van der Waals surface area contributed by atoms with Crippen LogP contribution in [-0.4, -0.2) is 23.9 Å². The van der Waals surface area contributed by atoms with E-state index in [0.717, 1.165) is 32.4 Å². The van der Waals surface area contributed by atoms with Gasteiger partial charge in [-0.25, -0.2) is 4.39 Å². The molecule has 0 spiro atoms. The minimum atomic E-state index is -0.154. The Labute approximate surface area is 127 Å². The molecule has 1 aromatic carbocycles. The second-order valence-electron chi connectivity index (χ2n) is 5.98. The summed E-state index contributed by atoms with van der Waals surface area (Å²) in [5.74, 6) is 0.175. The molecule has 0 N–H and O–H groups in total. The molecule has 1 aliphatic heterocycles. The summed E-state index contributed by atoms with van der Waals surface area (Å²) in [5.41, 5.74) is 1.23. The fraction of sp³-hybridized carbons (Fsp3) is 0.611. The molecule has 1 saturated heterocycles. The molecule has 1 amide bonds. The molecule has 116 valence electrons. The van der Waals surface area contributed by atoms with E-state index in [9.17, 15) is 9.18 Å². The highest BCUT2D eigenvalue weighted by atomic mass is 19.1. The van der Waals surface area contributed by atoms with Crippen LogP contribution in [0.3, 0.4) is 0 Å². The van der Waals surface area contributed by atoms with Gasteiger partial charge in [-0.1, -0.05) is 44.2 Å². The number of hydrogen-bond donors (Lipinski definition) is 0. The van der Waals surface area contributed by atoms with E-state index in [2.05, 4.69) is 0 Å². The topological polar surface area (TPSA) is 20.3 Å². The Morgan fingerprint density at radius 1 is 0.905 bits per heavy atom. The van der Waals surface area contributed by atoms with Crippen LogP contribution in [0.4, 0.5) is 4.39 Å². The van der Waals surface area contributed by atoms with Gasteiger partial charge in [-0.05, 0) is 37.0 Å². The molecule has 1 aromatic rings. The van der Waals surface area contributed by atoms with Gasteiger partial charge in [0.05, 0.1) is 0 Å². The zero-order chi connectivity index (χ0) is 14.9. The first-order valence-corrected chi connectivity index (χ1v) is 8.28. The number of rotatable bonds is 10. The minimum Gasteiger partial charge on any atom is -0.342 e. The molecule has 0 aromatic heterocycles. The number of β-lactam (4-membered cyclic amide) rings is 1. The first-order valence-electron chi connectivity index (χ1n) is 8.28. The monoisotopic (exact) mass is 291 g/mol. The summed E-state index contributed by atoms with van der Waals surface area (Å²) in [5, 5.41) is 0. The van der Waals surface area contributed by atoms with Gasteiger partial charge in [0.1, 0.15) is 5.82 Å².